The molecule has 4 rings (SSSR count). The lowest BCUT2D eigenvalue weighted by Crippen LogP contribution is -2.31. The van der Waals surface area contributed by atoms with Crippen molar-refractivity contribution < 1.29 is 23.5 Å². The van der Waals surface area contributed by atoms with Gasteiger partial charge in [0.05, 0.1) is 12.9 Å². The van der Waals surface area contributed by atoms with Gasteiger partial charge in [-0.05, 0) is 47.2 Å². The smallest absolute Gasteiger partial charge is 0.357 e. The number of likely N-dealkylation sites (N-methyl/N-ethyl adjacent to an activating group) is 1. The highest BCUT2D eigenvalue weighted by Gasteiger charge is 2.22. The Morgan fingerprint density at radius 3 is 2.53 bits per heavy atom. The van der Waals surface area contributed by atoms with E-state index in [0.717, 1.165) is 11.3 Å². The first kappa shape index (κ1) is 24.4. The van der Waals surface area contributed by atoms with Crippen LogP contribution in [0.1, 0.15) is 18.2 Å². The molecular weight excluding hydrogens is 462 g/mol. The fourth-order valence-electron chi connectivity index (χ4n) is 3.36. The molecule has 1 amide bonds. The average Bonchev–Trinajstić information content (AvgIpc) is 3.60. The Hall–Kier alpha value is -4.73. The number of aromatic nitrogens is 4. The van der Waals surface area contributed by atoms with Crippen molar-refractivity contribution in [3.8, 4) is 17.1 Å². The van der Waals surface area contributed by atoms with E-state index < -0.39 is 12.6 Å². The molecule has 2 aromatic heterocycles. The molecular formula is C26H25N5O5. The molecule has 36 heavy (non-hydrogen) atoms. The Morgan fingerprint density at radius 2 is 1.83 bits per heavy atom. The van der Waals surface area contributed by atoms with Gasteiger partial charge in [-0.25, -0.2) is 4.79 Å². The number of hydrogen-bond acceptors (Lipinski definition) is 8. The third-order valence-electron chi connectivity index (χ3n) is 5.17. The number of carbonyl (C=O) groups excluding carboxylic acids is 2. The molecule has 0 saturated heterocycles. The van der Waals surface area contributed by atoms with E-state index in [9.17, 15) is 9.59 Å². The number of carbonyl (C=O) groups is 2. The number of ether oxygens (including phenoxy) is 2. The Morgan fingerprint density at radius 1 is 1.06 bits per heavy atom. The minimum absolute atomic E-state index is 0.00392. The summed E-state index contributed by atoms with van der Waals surface area (Å²) in [6, 6.07) is 20.0. The molecule has 0 radical (unpaired) electrons. The molecule has 0 saturated carbocycles. The Kier molecular flexibility index (Phi) is 7.87. The molecule has 184 valence electrons. The summed E-state index contributed by atoms with van der Waals surface area (Å²) < 4.78 is 17.4. The molecule has 2 aromatic carbocycles. The topological polar surface area (TPSA) is 113 Å². The van der Waals surface area contributed by atoms with Crippen molar-refractivity contribution >= 4 is 23.6 Å². The van der Waals surface area contributed by atoms with Crippen LogP contribution in [0.5, 0.6) is 5.75 Å². The molecule has 0 fully saturated rings. The molecule has 2 heterocycles. The fourth-order valence-corrected chi connectivity index (χ4v) is 3.36. The van der Waals surface area contributed by atoms with E-state index in [1.165, 1.54) is 21.9 Å². The number of furan rings is 1. The van der Waals surface area contributed by atoms with Crippen LogP contribution in [0.2, 0.25) is 0 Å². The van der Waals surface area contributed by atoms with E-state index in [1.807, 2.05) is 61.5 Å². The molecule has 0 aliphatic rings. The highest BCUT2D eigenvalue weighted by Crippen LogP contribution is 2.21. The van der Waals surface area contributed by atoms with E-state index in [1.54, 1.807) is 19.2 Å². The highest BCUT2D eigenvalue weighted by atomic mass is 16.5. The van der Waals surface area contributed by atoms with Gasteiger partial charge in [0.2, 0.25) is 0 Å². The second kappa shape index (κ2) is 11.6. The van der Waals surface area contributed by atoms with E-state index >= 15 is 0 Å². The lowest BCUT2D eigenvalue weighted by Gasteiger charge is -2.18. The van der Waals surface area contributed by atoms with Gasteiger partial charge in [-0.2, -0.15) is 4.68 Å². The monoisotopic (exact) mass is 487 g/mol. The first-order valence-electron chi connectivity index (χ1n) is 11.3. The molecule has 0 unspecified atom stereocenters. The zero-order valence-electron chi connectivity index (χ0n) is 19.9. The molecule has 4 aromatic rings. The third kappa shape index (κ3) is 6.03. The van der Waals surface area contributed by atoms with Crippen LogP contribution in [0.15, 0.2) is 77.4 Å². The van der Waals surface area contributed by atoms with E-state index in [-0.39, 0.29) is 11.6 Å². The summed E-state index contributed by atoms with van der Waals surface area (Å²) in [4.78, 5) is 27.3. The molecule has 10 heteroatoms. The first-order chi connectivity index (χ1) is 17.5. The summed E-state index contributed by atoms with van der Waals surface area (Å²) in [6.07, 6.45) is 2.94. The highest BCUT2D eigenvalue weighted by molar-refractivity contribution is 6.15. The van der Waals surface area contributed by atoms with Gasteiger partial charge < -0.3 is 18.8 Å². The van der Waals surface area contributed by atoms with Gasteiger partial charge >= 0.3 is 5.97 Å². The lowest BCUT2D eigenvalue weighted by molar-refractivity contribution is -0.147. The quantitative estimate of drug-likeness (QED) is 0.247. The van der Waals surface area contributed by atoms with Gasteiger partial charge in [0.15, 0.2) is 18.1 Å². The SMILES string of the molecule is CCOc1ccc(CN(C)C(=O)COC(=O)/C(=C/c2ccco2)n2nnnc2-c2ccccc2)cc1. The summed E-state index contributed by atoms with van der Waals surface area (Å²) >= 11 is 0. The number of amides is 1. The maximum Gasteiger partial charge on any atom is 0.357 e. The van der Waals surface area contributed by atoms with Crippen LogP contribution >= 0.6 is 0 Å². The van der Waals surface area contributed by atoms with Crippen molar-refractivity contribution in [1.82, 2.24) is 25.1 Å². The molecule has 0 aliphatic heterocycles. The minimum atomic E-state index is -0.779. The number of benzene rings is 2. The van der Waals surface area contributed by atoms with Gasteiger partial charge in [-0.3, -0.25) is 4.79 Å². The molecule has 0 N–H and O–H groups in total. The summed E-state index contributed by atoms with van der Waals surface area (Å²) in [6.45, 7) is 2.39. The minimum Gasteiger partial charge on any atom is -0.494 e. The maximum absolute atomic E-state index is 13.1. The molecule has 0 spiro atoms. The normalized spacial score (nSPS) is 11.2. The predicted molar refractivity (Wildman–Crippen MR) is 131 cm³/mol. The summed E-state index contributed by atoms with van der Waals surface area (Å²) in [5, 5.41) is 11.7. The Labute approximate surface area is 207 Å². The van der Waals surface area contributed by atoms with Gasteiger partial charge in [-0.1, -0.05) is 42.5 Å². The summed E-state index contributed by atoms with van der Waals surface area (Å²) in [5.74, 6) is 0.352. The van der Waals surface area contributed by atoms with E-state index in [2.05, 4.69) is 15.5 Å². The molecule has 10 nitrogen and oxygen atoms in total. The average molecular weight is 488 g/mol. The van der Waals surface area contributed by atoms with Crippen molar-refractivity contribution in [2.45, 2.75) is 13.5 Å². The summed E-state index contributed by atoms with van der Waals surface area (Å²) in [5.41, 5.74) is 1.61. The summed E-state index contributed by atoms with van der Waals surface area (Å²) in [7, 11) is 1.64. The Balaban J connectivity index is 1.47. The van der Waals surface area contributed by atoms with Crippen LogP contribution in [0, 0.1) is 0 Å². The molecule has 0 atom stereocenters. The van der Waals surface area contributed by atoms with E-state index in [4.69, 9.17) is 13.9 Å². The fraction of sp³-hybridized carbons (Fsp3) is 0.192. The largest absolute Gasteiger partial charge is 0.494 e. The molecule has 0 bridgehead atoms. The second-order valence-corrected chi connectivity index (χ2v) is 7.73. The van der Waals surface area contributed by atoms with Crippen molar-refractivity contribution in [2.24, 2.45) is 0 Å². The third-order valence-corrected chi connectivity index (χ3v) is 5.17. The number of nitrogens with zero attached hydrogens (tertiary/aromatic N) is 5. The van der Waals surface area contributed by atoms with Crippen LogP contribution in [-0.2, 0) is 20.9 Å². The van der Waals surface area contributed by atoms with Crippen molar-refractivity contribution in [3.05, 3.63) is 84.3 Å². The van der Waals surface area contributed by atoms with Gasteiger partial charge in [0.25, 0.3) is 5.91 Å². The van der Waals surface area contributed by atoms with Crippen LogP contribution in [-0.4, -0.2) is 57.2 Å². The number of hydrogen-bond donors (Lipinski definition) is 0. The first-order valence-corrected chi connectivity index (χ1v) is 11.3. The van der Waals surface area contributed by atoms with Crippen LogP contribution in [0.3, 0.4) is 0 Å². The van der Waals surface area contributed by atoms with Gasteiger partial charge in [-0.15, -0.1) is 5.10 Å². The zero-order valence-corrected chi connectivity index (χ0v) is 19.9. The molecule has 0 aliphatic carbocycles. The number of rotatable bonds is 10. The standard InChI is InChI=1S/C26H25N5O5/c1-3-34-21-13-11-19(12-14-21)17-30(2)24(32)18-36-26(33)23(16-22-10-7-15-35-22)31-25(27-28-29-31)20-8-5-4-6-9-20/h4-16H,3,17-18H2,1-2H3/b23-16-. The predicted octanol–water partition coefficient (Wildman–Crippen LogP) is 3.53. The van der Waals surface area contributed by atoms with Crippen LogP contribution < -0.4 is 4.74 Å². The van der Waals surface area contributed by atoms with Crippen LogP contribution in [0.25, 0.3) is 23.2 Å². The maximum atomic E-state index is 13.1. The van der Waals surface area contributed by atoms with Gasteiger partial charge in [0, 0.05) is 25.2 Å². The number of esters is 1. The van der Waals surface area contributed by atoms with Gasteiger partial charge in [0.1, 0.15) is 11.5 Å². The number of tetrazole rings is 1. The van der Waals surface area contributed by atoms with E-state index in [0.29, 0.717) is 30.3 Å². The van der Waals surface area contributed by atoms with Crippen molar-refractivity contribution in [2.75, 3.05) is 20.3 Å². The lowest BCUT2D eigenvalue weighted by atomic mass is 10.2. The van der Waals surface area contributed by atoms with Crippen molar-refractivity contribution in [3.63, 3.8) is 0 Å². The van der Waals surface area contributed by atoms with Crippen molar-refractivity contribution in [1.29, 1.82) is 0 Å². The van der Waals surface area contributed by atoms with Crippen LogP contribution in [0.4, 0.5) is 0 Å². The zero-order chi connectivity index (χ0) is 25.3. The second-order valence-electron chi connectivity index (χ2n) is 7.73. The Bertz CT molecular complexity index is 1310.